The fourth-order valence-electron chi connectivity index (χ4n) is 3.54. The Hall–Kier alpha value is -5.08. The molecule has 0 aromatic heterocycles. The van der Waals surface area contributed by atoms with Gasteiger partial charge in [0.2, 0.25) is 0 Å². The van der Waals surface area contributed by atoms with Crippen molar-refractivity contribution in [1.82, 2.24) is 5.43 Å². The number of nitro benzene ring substituents is 1. The molecule has 12 nitrogen and oxygen atoms in total. The quantitative estimate of drug-likeness (QED) is 0.118. The molecule has 0 aliphatic rings. The molecule has 4 rings (SSSR count). The lowest BCUT2D eigenvalue weighted by Gasteiger charge is -2.12. The van der Waals surface area contributed by atoms with Crippen LogP contribution < -0.4 is 13.8 Å². The van der Waals surface area contributed by atoms with Crippen molar-refractivity contribution in [1.29, 1.82) is 0 Å². The number of rotatable bonds is 10. The van der Waals surface area contributed by atoms with E-state index in [1.165, 1.54) is 54.6 Å². The molecule has 0 radical (unpaired) electrons. The summed E-state index contributed by atoms with van der Waals surface area (Å²) in [6, 6.07) is 20.5. The number of carbonyl (C=O) groups is 1. The number of hydrogen-bond acceptors (Lipinski definition) is 10. The van der Waals surface area contributed by atoms with E-state index >= 15 is 0 Å². The van der Waals surface area contributed by atoms with E-state index in [1.807, 2.05) is 0 Å². The van der Waals surface area contributed by atoms with Gasteiger partial charge in [-0.2, -0.15) is 21.9 Å². The van der Waals surface area contributed by atoms with E-state index in [9.17, 15) is 31.7 Å². The SMILES string of the molecule is Cc1ccc(S(=O)(=O)Oc2ccc(C=NNC(=O)c3ccccc3[N+](=O)[O-])c(OS(=O)(=O)c3ccc(C)cc3)c2)cc1. The van der Waals surface area contributed by atoms with Crippen LogP contribution >= 0.6 is 0 Å². The maximum atomic E-state index is 13.0. The van der Waals surface area contributed by atoms with Crippen molar-refractivity contribution >= 4 is 38.0 Å². The number of aryl methyl sites for hydroxylation is 2. The average Bonchev–Trinajstić information content (AvgIpc) is 2.94. The first-order valence-corrected chi connectivity index (χ1v) is 14.9. The summed E-state index contributed by atoms with van der Waals surface area (Å²) >= 11 is 0. The molecule has 42 heavy (non-hydrogen) atoms. The number of hydrazone groups is 1. The molecule has 1 amide bonds. The van der Waals surface area contributed by atoms with Crippen molar-refractivity contribution in [3.05, 3.63) is 123 Å². The lowest BCUT2D eigenvalue weighted by Crippen LogP contribution is -2.19. The fourth-order valence-corrected chi connectivity index (χ4v) is 5.41. The molecule has 1 N–H and O–H groups in total. The molecule has 0 heterocycles. The van der Waals surface area contributed by atoms with Crippen LogP contribution in [0, 0.1) is 24.0 Å². The molecule has 0 aliphatic carbocycles. The maximum absolute atomic E-state index is 13.0. The Labute approximate surface area is 241 Å². The van der Waals surface area contributed by atoms with Crippen molar-refractivity contribution in [2.75, 3.05) is 0 Å². The van der Waals surface area contributed by atoms with Crippen molar-refractivity contribution < 1.29 is 34.9 Å². The third-order valence-corrected chi connectivity index (χ3v) is 8.23. The minimum atomic E-state index is -4.40. The van der Waals surface area contributed by atoms with Gasteiger partial charge >= 0.3 is 20.2 Å². The van der Waals surface area contributed by atoms with E-state index in [0.717, 1.165) is 29.5 Å². The Balaban J connectivity index is 1.66. The number of nitro groups is 1. The first-order valence-electron chi connectivity index (χ1n) is 12.1. The third-order valence-electron chi connectivity index (χ3n) is 5.72. The van der Waals surface area contributed by atoms with E-state index in [2.05, 4.69) is 10.5 Å². The molecule has 0 atom stereocenters. The second kappa shape index (κ2) is 12.2. The van der Waals surface area contributed by atoms with Gasteiger partial charge in [0.25, 0.3) is 11.6 Å². The van der Waals surface area contributed by atoms with Crippen LogP contribution in [-0.2, 0) is 20.2 Å². The molecule has 0 saturated heterocycles. The van der Waals surface area contributed by atoms with Crippen LogP contribution in [0.15, 0.2) is 106 Å². The van der Waals surface area contributed by atoms with Crippen molar-refractivity contribution in [2.24, 2.45) is 5.10 Å². The molecule has 0 bridgehead atoms. The van der Waals surface area contributed by atoms with Crippen LogP contribution in [-0.4, -0.2) is 33.9 Å². The number of nitrogens with zero attached hydrogens (tertiary/aromatic N) is 2. The number of para-hydroxylation sites is 1. The molecule has 0 unspecified atom stereocenters. The molecular formula is C28H23N3O9S2. The van der Waals surface area contributed by atoms with Gasteiger partial charge in [-0.05, 0) is 56.3 Å². The normalized spacial score (nSPS) is 11.7. The van der Waals surface area contributed by atoms with Gasteiger partial charge in [-0.1, -0.05) is 47.5 Å². The Kier molecular flexibility index (Phi) is 8.68. The Morgan fingerprint density at radius 3 is 1.93 bits per heavy atom. The van der Waals surface area contributed by atoms with Crippen molar-refractivity contribution in [2.45, 2.75) is 23.6 Å². The van der Waals surface area contributed by atoms with Gasteiger partial charge in [-0.15, -0.1) is 0 Å². The summed E-state index contributed by atoms with van der Waals surface area (Å²) < 4.78 is 62.2. The van der Waals surface area contributed by atoms with Gasteiger partial charge in [-0.3, -0.25) is 14.9 Å². The molecule has 14 heteroatoms. The molecule has 0 saturated carbocycles. The monoisotopic (exact) mass is 609 g/mol. The highest BCUT2D eigenvalue weighted by Crippen LogP contribution is 2.29. The molecule has 4 aromatic carbocycles. The van der Waals surface area contributed by atoms with Crippen LogP contribution in [0.4, 0.5) is 5.69 Å². The van der Waals surface area contributed by atoms with Crippen LogP contribution in [0.3, 0.4) is 0 Å². The van der Waals surface area contributed by atoms with Gasteiger partial charge in [0, 0.05) is 17.7 Å². The Morgan fingerprint density at radius 1 is 0.810 bits per heavy atom. The Morgan fingerprint density at radius 2 is 1.36 bits per heavy atom. The molecular weight excluding hydrogens is 586 g/mol. The summed E-state index contributed by atoms with van der Waals surface area (Å²) in [7, 11) is -8.68. The predicted molar refractivity (Wildman–Crippen MR) is 153 cm³/mol. The van der Waals surface area contributed by atoms with Crippen LogP contribution in [0.1, 0.15) is 27.0 Å². The number of hydrogen-bond donors (Lipinski definition) is 1. The largest absolute Gasteiger partial charge is 0.379 e. The van der Waals surface area contributed by atoms with Gasteiger partial charge < -0.3 is 8.37 Å². The highest BCUT2D eigenvalue weighted by Gasteiger charge is 2.22. The summed E-state index contributed by atoms with van der Waals surface area (Å²) in [6.07, 6.45) is 1.03. The molecule has 0 fully saturated rings. The number of nitrogens with one attached hydrogen (secondary N) is 1. The van der Waals surface area contributed by atoms with E-state index < -0.39 is 36.8 Å². The second-order valence-corrected chi connectivity index (χ2v) is 12.0. The minimum absolute atomic E-state index is 0.00799. The summed E-state index contributed by atoms with van der Waals surface area (Å²) in [5, 5.41) is 15.0. The third kappa shape index (κ3) is 7.16. The number of carbonyl (C=O) groups excluding carboxylic acids is 1. The summed E-state index contributed by atoms with van der Waals surface area (Å²) in [5.41, 5.74) is 3.12. The molecule has 4 aromatic rings. The van der Waals surface area contributed by atoms with Gasteiger partial charge in [0.15, 0.2) is 5.75 Å². The van der Waals surface area contributed by atoms with Gasteiger partial charge in [0.1, 0.15) is 21.1 Å². The van der Waals surface area contributed by atoms with E-state index in [-0.39, 0.29) is 32.4 Å². The van der Waals surface area contributed by atoms with Crippen LogP contribution in [0.25, 0.3) is 0 Å². The standard InChI is InChI=1S/C28H23N3O9S2/c1-19-7-13-23(14-8-19)41(35,36)39-22-12-11-21(18-29-30-28(32)25-5-3-4-6-26(25)31(33)34)27(17-22)40-42(37,38)24-15-9-20(2)10-16-24/h3-18H,1-2H3,(H,30,32). The summed E-state index contributed by atoms with van der Waals surface area (Å²) in [5.74, 6) is -1.51. The highest BCUT2D eigenvalue weighted by atomic mass is 32.2. The zero-order valence-corrected chi connectivity index (χ0v) is 23.8. The van der Waals surface area contributed by atoms with Crippen LogP contribution in [0.5, 0.6) is 11.5 Å². The summed E-state index contributed by atoms with van der Waals surface area (Å²) in [6.45, 7) is 3.57. The van der Waals surface area contributed by atoms with Crippen LogP contribution in [0.2, 0.25) is 0 Å². The Bertz CT molecular complexity index is 1890. The van der Waals surface area contributed by atoms with E-state index in [1.54, 1.807) is 38.1 Å². The topological polar surface area (TPSA) is 171 Å². The van der Waals surface area contributed by atoms with Gasteiger partial charge in [-0.25, -0.2) is 5.43 Å². The number of benzene rings is 4. The van der Waals surface area contributed by atoms with Gasteiger partial charge in [0.05, 0.1) is 11.1 Å². The molecule has 0 spiro atoms. The zero-order chi connectivity index (χ0) is 30.5. The lowest BCUT2D eigenvalue weighted by atomic mass is 10.2. The van der Waals surface area contributed by atoms with Crippen molar-refractivity contribution in [3.8, 4) is 11.5 Å². The fraction of sp³-hybridized carbons (Fsp3) is 0.0714. The number of amides is 1. The highest BCUT2D eigenvalue weighted by molar-refractivity contribution is 7.87. The van der Waals surface area contributed by atoms with E-state index in [0.29, 0.717) is 0 Å². The first-order chi connectivity index (χ1) is 19.9. The molecule has 0 aliphatic heterocycles. The minimum Gasteiger partial charge on any atom is -0.379 e. The first kappa shape index (κ1) is 29.9. The maximum Gasteiger partial charge on any atom is 0.339 e. The van der Waals surface area contributed by atoms with E-state index in [4.69, 9.17) is 8.37 Å². The lowest BCUT2D eigenvalue weighted by molar-refractivity contribution is -0.385. The van der Waals surface area contributed by atoms with Crippen molar-refractivity contribution in [3.63, 3.8) is 0 Å². The summed E-state index contributed by atoms with van der Waals surface area (Å²) in [4.78, 5) is 22.7. The molecule has 216 valence electrons. The smallest absolute Gasteiger partial charge is 0.339 e. The zero-order valence-electron chi connectivity index (χ0n) is 22.1. The predicted octanol–water partition coefficient (Wildman–Crippen LogP) is 4.51. The second-order valence-electron chi connectivity index (χ2n) is 8.87. The average molecular weight is 610 g/mol.